The summed E-state index contributed by atoms with van der Waals surface area (Å²) >= 11 is 0. The van der Waals surface area contributed by atoms with E-state index in [0.717, 1.165) is 15.1 Å². The van der Waals surface area contributed by atoms with Crippen molar-refractivity contribution in [3.63, 3.8) is 0 Å². The van der Waals surface area contributed by atoms with Crippen molar-refractivity contribution in [1.82, 2.24) is 20.0 Å². The van der Waals surface area contributed by atoms with Crippen LogP contribution in [0.15, 0.2) is 47.3 Å². The van der Waals surface area contributed by atoms with E-state index in [1.807, 2.05) is 30.3 Å². The van der Waals surface area contributed by atoms with Crippen LogP contribution in [0.5, 0.6) is 0 Å². The zero-order chi connectivity index (χ0) is 15.5. The van der Waals surface area contributed by atoms with Gasteiger partial charge in [-0.05, 0) is 6.07 Å². The maximum absolute atomic E-state index is 12.1. The molecule has 0 aliphatic carbocycles. The lowest BCUT2D eigenvalue weighted by Crippen LogP contribution is -2.39. The van der Waals surface area contributed by atoms with E-state index in [1.165, 1.54) is 6.07 Å². The highest BCUT2D eigenvalue weighted by Gasteiger charge is 2.26. The van der Waals surface area contributed by atoms with Gasteiger partial charge in [0.05, 0.1) is 5.69 Å². The van der Waals surface area contributed by atoms with Crippen LogP contribution in [0.3, 0.4) is 0 Å². The van der Waals surface area contributed by atoms with Crippen molar-refractivity contribution < 1.29 is 9.59 Å². The molecule has 112 valence electrons. The van der Waals surface area contributed by atoms with Gasteiger partial charge in [-0.1, -0.05) is 30.3 Å². The molecule has 1 aliphatic heterocycles. The Hall–Kier alpha value is -2.96. The molecular formula is C15H14N4O3. The van der Waals surface area contributed by atoms with E-state index in [1.54, 1.807) is 6.07 Å². The normalized spacial score (nSPS) is 14.0. The van der Waals surface area contributed by atoms with Crippen molar-refractivity contribution >= 4 is 11.9 Å². The van der Waals surface area contributed by atoms with Gasteiger partial charge in [-0.3, -0.25) is 14.5 Å². The molecule has 2 heterocycles. The Morgan fingerprint density at radius 1 is 1.14 bits per heavy atom. The molecule has 2 aromatic rings. The second-order valence-corrected chi connectivity index (χ2v) is 4.86. The van der Waals surface area contributed by atoms with E-state index in [9.17, 15) is 14.4 Å². The predicted molar refractivity (Wildman–Crippen MR) is 79.0 cm³/mol. The van der Waals surface area contributed by atoms with Crippen molar-refractivity contribution in [2.75, 3.05) is 13.1 Å². The van der Waals surface area contributed by atoms with Crippen LogP contribution in [0.2, 0.25) is 0 Å². The highest BCUT2D eigenvalue weighted by Crippen LogP contribution is 2.14. The van der Waals surface area contributed by atoms with Gasteiger partial charge >= 0.3 is 6.03 Å². The van der Waals surface area contributed by atoms with Crippen LogP contribution in [0.1, 0.15) is 0 Å². The molecule has 0 atom stereocenters. The molecule has 1 aromatic heterocycles. The van der Waals surface area contributed by atoms with E-state index in [2.05, 4.69) is 10.4 Å². The topological polar surface area (TPSA) is 84.3 Å². The summed E-state index contributed by atoms with van der Waals surface area (Å²) in [5.74, 6) is -0.449. The first-order valence-corrected chi connectivity index (χ1v) is 6.87. The van der Waals surface area contributed by atoms with E-state index in [0.29, 0.717) is 18.8 Å². The second kappa shape index (κ2) is 5.80. The maximum Gasteiger partial charge on any atom is 0.324 e. The second-order valence-electron chi connectivity index (χ2n) is 4.86. The molecule has 0 spiro atoms. The fraction of sp³-hybridized carbons (Fsp3) is 0.200. The first kappa shape index (κ1) is 14.0. The van der Waals surface area contributed by atoms with E-state index in [-0.39, 0.29) is 12.1 Å². The van der Waals surface area contributed by atoms with Gasteiger partial charge in [0, 0.05) is 24.7 Å². The molecule has 7 nitrogen and oxygen atoms in total. The number of amides is 3. The van der Waals surface area contributed by atoms with Gasteiger partial charge in [0.2, 0.25) is 0 Å². The molecule has 0 bridgehead atoms. The van der Waals surface area contributed by atoms with Crippen molar-refractivity contribution in [2.45, 2.75) is 6.54 Å². The lowest BCUT2D eigenvalue weighted by molar-refractivity contribution is -0.128. The predicted octanol–water partition coefficient (Wildman–Crippen LogP) is 0.462. The highest BCUT2D eigenvalue weighted by molar-refractivity contribution is 5.95. The number of hydrogen-bond donors (Lipinski definition) is 1. The van der Waals surface area contributed by atoms with Crippen LogP contribution >= 0.6 is 0 Å². The fourth-order valence-corrected chi connectivity index (χ4v) is 2.25. The molecule has 3 rings (SSSR count). The molecule has 1 saturated heterocycles. The SMILES string of the molecule is O=C(Cn1nc(-c2ccccc2)ccc1=O)N1CCNC1=O. The smallest absolute Gasteiger partial charge is 0.324 e. The Balaban J connectivity index is 1.86. The summed E-state index contributed by atoms with van der Waals surface area (Å²) in [7, 11) is 0. The molecule has 7 heteroatoms. The Kier molecular flexibility index (Phi) is 3.69. The van der Waals surface area contributed by atoms with Gasteiger partial charge in [-0.2, -0.15) is 5.10 Å². The summed E-state index contributed by atoms with van der Waals surface area (Å²) in [6.07, 6.45) is 0. The number of benzene rings is 1. The van der Waals surface area contributed by atoms with Gasteiger partial charge in [-0.15, -0.1) is 0 Å². The number of urea groups is 1. The summed E-state index contributed by atoms with van der Waals surface area (Å²) in [6.45, 7) is 0.481. The minimum absolute atomic E-state index is 0.257. The molecule has 1 N–H and O–H groups in total. The summed E-state index contributed by atoms with van der Waals surface area (Å²) in [5.41, 5.74) is 1.06. The van der Waals surface area contributed by atoms with Gasteiger partial charge in [0.15, 0.2) is 0 Å². The fourth-order valence-electron chi connectivity index (χ4n) is 2.25. The number of nitrogens with zero attached hydrogens (tertiary/aromatic N) is 3. The first-order valence-electron chi connectivity index (χ1n) is 6.87. The first-order chi connectivity index (χ1) is 10.6. The van der Waals surface area contributed by atoms with Crippen LogP contribution < -0.4 is 10.9 Å². The Labute approximate surface area is 126 Å². The number of hydrogen-bond acceptors (Lipinski definition) is 4. The monoisotopic (exact) mass is 298 g/mol. The number of carbonyl (C=O) groups excluding carboxylic acids is 2. The third-order valence-electron chi connectivity index (χ3n) is 3.38. The standard InChI is InChI=1S/C15H14N4O3/c20-13-7-6-12(11-4-2-1-3-5-11)17-19(13)10-14(21)18-9-8-16-15(18)22/h1-7H,8-10H2,(H,16,22). The van der Waals surface area contributed by atoms with Crippen molar-refractivity contribution in [3.05, 3.63) is 52.8 Å². The van der Waals surface area contributed by atoms with Crippen LogP contribution in [0, 0.1) is 0 Å². The third kappa shape index (κ3) is 2.73. The van der Waals surface area contributed by atoms with Gasteiger partial charge < -0.3 is 5.32 Å². The van der Waals surface area contributed by atoms with Gasteiger partial charge in [0.25, 0.3) is 11.5 Å². The molecule has 0 unspecified atom stereocenters. The lowest BCUT2D eigenvalue weighted by Gasteiger charge is -2.13. The van der Waals surface area contributed by atoms with E-state index >= 15 is 0 Å². The Morgan fingerprint density at radius 2 is 1.91 bits per heavy atom. The number of aromatic nitrogens is 2. The molecule has 22 heavy (non-hydrogen) atoms. The number of rotatable bonds is 3. The molecule has 0 saturated carbocycles. The van der Waals surface area contributed by atoms with Gasteiger partial charge in [-0.25, -0.2) is 9.48 Å². The molecular weight excluding hydrogens is 284 g/mol. The number of nitrogens with one attached hydrogen (secondary N) is 1. The minimum Gasteiger partial charge on any atom is -0.336 e. The van der Waals surface area contributed by atoms with Gasteiger partial charge in [0.1, 0.15) is 6.54 Å². The van der Waals surface area contributed by atoms with Crippen LogP contribution in [-0.4, -0.2) is 39.7 Å². The summed E-state index contributed by atoms with van der Waals surface area (Å²) in [5, 5.41) is 6.75. The molecule has 1 aromatic carbocycles. The molecule has 3 amide bonds. The largest absolute Gasteiger partial charge is 0.336 e. The van der Waals surface area contributed by atoms with E-state index in [4.69, 9.17) is 0 Å². The molecule has 1 fully saturated rings. The summed E-state index contributed by atoms with van der Waals surface area (Å²) in [6, 6.07) is 11.9. The minimum atomic E-state index is -0.449. The van der Waals surface area contributed by atoms with E-state index < -0.39 is 11.9 Å². The Bertz CT molecular complexity index is 770. The molecule has 0 radical (unpaired) electrons. The van der Waals surface area contributed by atoms with Crippen molar-refractivity contribution in [3.8, 4) is 11.3 Å². The average Bonchev–Trinajstić information content (AvgIpc) is 2.96. The van der Waals surface area contributed by atoms with Crippen LogP contribution in [0.4, 0.5) is 4.79 Å². The third-order valence-corrected chi connectivity index (χ3v) is 3.38. The quantitative estimate of drug-likeness (QED) is 0.892. The lowest BCUT2D eigenvalue weighted by atomic mass is 10.1. The van der Waals surface area contributed by atoms with Crippen molar-refractivity contribution in [2.24, 2.45) is 0 Å². The highest BCUT2D eigenvalue weighted by atomic mass is 16.2. The Morgan fingerprint density at radius 3 is 2.59 bits per heavy atom. The number of imide groups is 1. The zero-order valence-electron chi connectivity index (χ0n) is 11.7. The molecule has 1 aliphatic rings. The number of carbonyl (C=O) groups is 2. The van der Waals surface area contributed by atoms with Crippen molar-refractivity contribution in [1.29, 1.82) is 0 Å². The zero-order valence-corrected chi connectivity index (χ0v) is 11.7. The van der Waals surface area contributed by atoms with Crippen LogP contribution in [-0.2, 0) is 11.3 Å². The summed E-state index contributed by atoms with van der Waals surface area (Å²) < 4.78 is 1.08. The summed E-state index contributed by atoms with van der Waals surface area (Å²) in [4.78, 5) is 36.5. The average molecular weight is 298 g/mol. The van der Waals surface area contributed by atoms with Crippen LogP contribution in [0.25, 0.3) is 11.3 Å². The maximum atomic E-state index is 12.1.